The lowest BCUT2D eigenvalue weighted by Gasteiger charge is -2.14. The van der Waals surface area contributed by atoms with Crippen LogP contribution in [-0.4, -0.2) is 26.0 Å². The molecule has 0 radical (unpaired) electrons. The number of carbonyl (C=O) groups is 1. The van der Waals surface area contributed by atoms with E-state index in [1.807, 2.05) is 6.92 Å². The van der Waals surface area contributed by atoms with Crippen molar-refractivity contribution in [2.75, 3.05) is 0 Å². The Balaban J connectivity index is 2.14. The SMILES string of the molecule is CCC(C)OC(=O)c1cc(-n2c(=O)n3n(c2=S)CCCC3)c(F)cc1Cl. The molecule has 0 saturated heterocycles. The number of esters is 1. The molecule has 1 aromatic heterocycles. The second-order valence-electron chi connectivity index (χ2n) is 6.26. The topological polar surface area (TPSA) is 58.2 Å². The fraction of sp³-hybridized carbons (Fsp3) is 0.471. The van der Waals surface area contributed by atoms with Gasteiger partial charge in [-0.3, -0.25) is 4.68 Å². The summed E-state index contributed by atoms with van der Waals surface area (Å²) in [6, 6.07) is 2.23. The van der Waals surface area contributed by atoms with Gasteiger partial charge in [0.1, 0.15) is 5.82 Å². The van der Waals surface area contributed by atoms with Crippen molar-refractivity contribution in [3.63, 3.8) is 0 Å². The van der Waals surface area contributed by atoms with Crippen molar-refractivity contribution in [2.45, 2.75) is 52.3 Å². The molecule has 0 aliphatic carbocycles. The van der Waals surface area contributed by atoms with Crippen LogP contribution in [0.1, 0.15) is 43.5 Å². The van der Waals surface area contributed by atoms with Crippen LogP contribution in [0.4, 0.5) is 4.39 Å². The van der Waals surface area contributed by atoms with Crippen molar-refractivity contribution >= 4 is 29.8 Å². The third-order valence-corrected chi connectivity index (χ3v) is 5.19. The van der Waals surface area contributed by atoms with Crippen LogP contribution in [0.25, 0.3) is 5.69 Å². The van der Waals surface area contributed by atoms with E-state index in [1.165, 1.54) is 10.7 Å². The van der Waals surface area contributed by atoms with Gasteiger partial charge >= 0.3 is 11.7 Å². The molecule has 0 amide bonds. The third kappa shape index (κ3) is 3.23. The number of hydrogen-bond acceptors (Lipinski definition) is 4. The molecule has 1 aliphatic rings. The summed E-state index contributed by atoms with van der Waals surface area (Å²) in [6.07, 6.45) is 2.08. The highest BCUT2D eigenvalue weighted by atomic mass is 35.5. The van der Waals surface area contributed by atoms with Crippen molar-refractivity contribution in [1.82, 2.24) is 13.9 Å². The molecular weight excluding hydrogens is 381 g/mol. The zero-order valence-electron chi connectivity index (χ0n) is 14.5. The van der Waals surface area contributed by atoms with Crippen LogP contribution in [0.5, 0.6) is 0 Å². The molecule has 26 heavy (non-hydrogen) atoms. The van der Waals surface area contributed by atoms with Gasteiger partial charge in [-0.1, -0.05) is 18.5 Å². The van der Waals surface area contributed by atoms with Gasteiger partial charge < -0.3 is 4.74 Å². The smallest absolute Gasteiger partial charge is 0.349 e. The fourth-order valence-electron chi connectivity index (χ4n) is 2.88. The molecule has 0 saturated carbocycles. The molecule has 1 atom stereocenters. The van der Waals surface area contributed by atoms with Crippen LogP contribution >= 0.6 is 23.8 Å². The Bertz CT molecular complexity index is 941. The summed E-state index contributed by atoms with van der Waals surface area (Å²) in [5, 5.41) is -0.0739. The highest BCUT2D eigenvalue weighted by Crippen LogP contribution is 2.25. The highest BCUT2D eigenvalue weighted by Gasteiger charge is 2.23. The van der Waals surface area contributed by atoms with Gasteiger partial charge in [0, 0.05) is 13.1 Å². The van der Waals surface area contributed by atoms with Crippen LogP contribution in [0.15, 0.2) is 16.9 Å². The summed E-state index contributed by atoms with van der Waals surface area (Å²) in [5.74, 6) is -1.40. The van der Waals surface area contributed by atoms with Crippen molar-refractivity contribution in [3.8, 4) is 5.69 Å². The van der Waals surface area contributed by atoms with E-state index in [4.69, 9.17) is 28.6 Å². The molecule has 140 valence electrons. The molecule has 1 unspecified atom stereocenters. The number of rotatable bonds is 4. The summed E-state index contributed by atoms with van der Waals surface area (Å²) < 4.78 is 24.3. The zero-order chi connectivity index (χ0) is 19.0. The van der Waals surface area contributed by atoms with Crippen LogP contribution in [-0.2, 0) is 17.8 Å². The van der Waals surface area contributed by atoms with Gasteiger partial charge in [0.05, 0.1) is 22.4 Å². The van der Waals surface area contributed by atoms with E-state index in [2.05, 4.69) is 0 Å². The van der Waals surface area contributed by atoms with Gasteiger partial charge in [0.2, 0.25) is 4.77 Å². The molecular formula is C17H19ClFN3O3S. The molecule has 0 N–H and O–H groups in total. The van der Waals surface area contributed by atoms with E-state index in [1.54, 1.807) is 11.6 Å². The second kappa shape index (κ2) is 7.36. The summed E-state index contributed by atoms with van der Waals surface area (Å²) in [6.45, 7) is 4.75. The van der Waals surface area contributed by atoms with E-state index in [-0.39, 0.29) is 27.1 Å². The third-order valence-electron chi connectivity index (χ3n) is 4.49. The maximum Gasteiger partial charge on any atom is 0.349 e. The quantitative estimate of drug-likeness (QED) is 0.581. The van der Waals surface area contributed by atoms with Crippen LogP contribution in [0.3, 0.4) is 0 Å². The average Bonchev–Trinajstić information content (AvgIpc) is 2.86. The number of carbonyl (C=O) groups excluding carboxylic acids is 1. The molecule has 3 rings (SSSR count). The zero-order valence-corrected chi connectivity index (χ0v) is 16.1. The maximum atomic E-state index is 14.6. The average molecular weight is 400 g/mol. The Kier molecular flexibility index (Phi) is 5.34. The van der Waals surface area contributed by atoms with Gasteiger partial charge in [0.15, 0.2) is 0 Å². The Morgan fingerprint density at radius 3 is 2.62 bits per heavy atom. The Morgan fingerprint density at radius 2 is 2.00 bits per heavy atom. The first-order valence-electron chi connectivity index (χ1n) is 8.48. The molecule has 2 heterocycles. The van der Waals surface area contributed by atoms with Crippen LogP contribution < -0.4 is 5.69 Å². The Hall–Kier alpha value is -1.93. The predicted molar refractivity (Wildman–Crippen MR) is 98.2 cm³/mol. The summed E-state index contributed by atoms with van der Waals surface area (Å²) in [4.78, 5) is 25.0. The minimum atomic E-state index is -0.730. The molecule has 6 nitrogen and oxygen atoms in total. The normalized spacial score (nSPS) is 14.8. The Morgan fingerprint density at radius 1 is 1.35 bits per heavy atom. The van der Waals surface area contributed by atoms with Crippen molar-refractivity contribution in [3.05, 3.63) is 43.8 Å². The summed E-state index contributed by atoms with van der Waals surface area (Å²) in [5.41, 5.74) is -0.536. The molecule has 0 fully saturated rings. The minimum Gasteiger partial charge on any atom is -0.459 e. The lowest BCUT2D eigenvalue weighted by atomic mass is 10.2. The van der Waals surface area contributed by atoms with E-state index < -0.39 is 17.5 Å². The number of nitrogens with zero attached hydrogens (tertiary/aromatic N) is 3. The van der Waals surface area contributed by atoms with E-state index >= 15 is 0 Å². The van der Waals surface area contributed by atoms with Gasteiger partial charge in [-0.2, -0.15) is 0 Å². The Labute approximate surface area is 159 Å². The van der Waals surface area contributed by atoms with Gasteiger partial charge in [-0.15, -0.1) is 0 Å². The molecule has 1 aromatic carbocycles. The standard InChI is InChI=1S/C17H19ClFN3O3S/c1-3-10(2)25-15(23)11-8-14(13(19)9-12(11)18)22-16(24)20-6-4-5-7-21(20)17(22)26/h8-10H,3-7H2,1-2H3. The number of ether oxygens (including phenoxy) is 1. The van der Waals surface area contributed by atoms with Gasteiger partial charge in [-0.25, -0.2) is 23.2 Å². The van der Waals surface area contributed by atoms with Crippen molar-refractivity contribution in [1.29, 1.82) is 0 Å². The maximum absolute atomic E-state index is 14.6. The van der Waals surface area contributed by atoms with Gasteiger partial charge in [-0.05, 0) is 50.5 Å². The number of aromatic nitrogens is 3. The number of halogens is 2. The first-order chi connectivity index (χ1) is 12.3. The number of benzene rings is 1. The highest BCUT2D eigenvalue weighted by molar-refractivity contribution is 7.71. The first-order valence-corrected chi connectivity index (χ1v) is 9.26. The van der Waals surface area contributed by atoms with Crippen molar-refractivity contribution in [2.24, 2.45) is 0 Å². The second-order valence-corrected chi connectivity index (χ2v) is 7.03. The molecule has 9 heteroatoms. The monoisotopic (exact) mass is 399 g/mol. The van der Waals surface area contributed by atoms with E-state index in [9.17, 15) is 14.0 Å². The van der Waals surface area contributed by atoms with Gasteiger partial charge in [0.25, 0.3) is 0 Å². The molecule has 2 aromatic rings. The summed E-state index contributed by atoms with van der Waals surface area (Å²) >= 11 is 11.4. The first kappa shape index (κ1) is 18.8. The summed E-state index contributed by atoms with van der Waals surface area (Å²) in [7, 11) is 0. The number of hydrogen-bond donors (Lipinski definition) is 0. The minimum absolute atomic E-state index is 0.00108. The largest absolute Gasteiger partial charge is 0.459 e. The van der Waals surface area contributed by atoms with Crippen LogP contribution in [0.2, 0.25) is 5.02 Å². The van der Waals surface area contributed by atoms with E-state index in [0.717, 1.165) is 23.5 Å². The van der Waals surface area contributed by atoms with Crippen molar-refractivity contribution < 1.29 is 13.9 Å². The molecule has 1 aliphatic heterocycles. The molecule has 0 spiro atoms. The lowest BCUT2D eigenvalue weighted by molar-refractivity contribution is 0.0334. The lowest BCUT2D eigenvalue weighted by Crippen LogP contribution is -2.29. The molecule has 0 bridgehead atoms. The van der Waals surface area contributed by atoms with E-state index in [0.29, 0.717) is 19.5 Å². The fourth-order valence-corrected chi connectivity index (χ4v) is 3.47. The predicted octanol–water partition coefficient (Wildman–Crippen LogP) is 3.71. The van der Waals surface area contributed by atoms with Crippen LogP contribution in [0, 0.1) is 10.6 Å². The number of fused-ring (bicyclic) bond motifs is 1.